The Balaban J connectivity index is 1.65. The Morgan fingerprint density at radius 2 is 2.00 bits per heavy atom. The van der Waals surface area contributed by atoms with Crippen molar-refractivity contribution in [3.05, 3.63) is 48.5 Å². The summed E-state index contributed by atoms with van der Waals surface area (Å²) in [5.74, 6) is 0.379. The van der Waals surface area contributed by atoms with Gasteiger partial charge in [0.25, 0.3) is 0 Å². The number of benzene rings is 2. The minimum atomic E-state index is -3.85. The van der Waals surface area contributed by atoms with Crippen molar-refractivity contribution in [2.24, 2.45) is 5.14 Å². The van der Waals surface area contributed by atoms with E-state index in [0.717, 1.165) is 17.4 Å². The Bertz CT molecular complexity index is 1080. The summed E-state index contributed by atoms with van der Waals surface area (Å²) in [4.78, 5) is 12.1. The molecule has 0 atom stereocenters. The van der Waals surface area contributed by atoms with Gasteiger partial charge in [-0.2, -0.15) is 4.68 Å². The van der Waals surface area contributed by atoms with Gasteiger partial charge in [0, 0.05) is 5.69 Å². The highest BCUT2D eigenvalue weighted by atomic mass is 32.2. The molecular weight excluding hydrogens is 404 g/mol. The number of tetrazole rings is 1. The van der Waals surface area contributed by atoms with Crippen molar-refractivity contribution in [1.82, 2.24) is 20.2 Å². The van der Waals surface area contributed by atoms with Gasteiger partial charge in [-0.1, -0.05) is 17.8 Å². The monoisotopic (exact) mass is 420 g/mol. The van der Waals surface area contributed by atoms with Gasteiger partial charge < -0.3 is 10.1 Å². The number of hydrogen-bond acceptors (Lipinski definition) is 8. The average molecular weight is 420 g/mol. The lowest BCUT2D eigenvalue weighted by Gasteiger charge is -2.07. The molecule has 28 heavy (non-hydrogen) atoms. The van der Waals surface area contributed by atoms with Gasteiger partial charge in [0.1, 0.15) is 5.75 Å². The Kier molecular flexibility index (Phi) is 5.92. The minimum absolute atomic E-state index is 0.0239. The number of rotatable bonds is 7. The second kappa shape index (κ2) is 8.37. The first-order chi connectivity index (χ1) is 13.4. The highest BCUT2D eigenvalue weighted by Gasteiger charge is 2.13. The summed E-state index contributed by atoms with van der Waals surface area (Å²) < 4.78 is 29.4. The van der Waals surface area contributed by atoms with Crippen LogP contribution in [0.5, 0.6) is 5.75 Å². The maximum absolute atomic E-state index is 12.2. The molecule has 146 valence electrons. The van der Waals surface area contributed by atoms with Gasteiger partial charge in [-0.25, -0.2) is 13.6 Å². The molecule has 0 radical (unpaired) electrons. The van der Waals surface area contributed by atoms with Crippen LogP contribution in [0.2, 0.25) is 0 Å². The van der Waals surface area contributed by atoms with Crippen LogP contribution in [0.4, 0.5) is 5.69 Å². The van der Waals surface area contributed by atoms with E-state index in [1.807, 2.05) is 0 Å². The van der Waals surface area contributed by atoms with Gasteiger partial charge in [0.05, 0.1) is 23.4 Å². The lowest BCUT2D eigenvalue weighted by Crippen LogP contribution is -2.16. The summed E-state index contributed by atoms with van der Waals surface area (Å²) in [5, 5.41) is 19.6. The summed E-state index contributed by atoms with van der Waals surface area (Å²) in [5.41, 5.74) is 1.04. The number of sulfonamides is 1. The normalized spacial score (nSPS) is 11.2. The van der Waals surface area contributed by atoms with Crippen LogP contribution in [-0.4, -0.2) is 47.4 Å². The summed E-state index contributed by atoms with van der Waals surface area (Å²) in [6, 6.07) is 12.8. The number of methoxy groups -OCH3 is 1. The number of anilines is 1. The van der Waals surface area contributed by atoms with Gasteiger partial charge in [-0.15, -0.1) is 5.10 Å². The van der Waals surface area contributed by atoms with E-state index in [-0.39, 0.29) is 16.6 Å². The van der Waals surface area contributed by atoms with Crippen molar-refractivity contribution in [1.29, 1.82) is 0 Å². The number of nitrogens with two attached hydrogens (primary N) is 1. The minimum Gasteiger partial charge on any atom is -0.497 e. The Morgan fingerprint density at radius 3 is 2.68 bits per heavy atom. The number of aromatic nitrogens is 4. The molecule has 1 aromatic heterocycles. The zero-order chi connectivity index (χ0) is 20.1. The van der Waals surface area contributed by atoms with Gasteiger partial charge in [0.2, 0.25) is 21.1 Å². The number of hydrogen-bond donors (Lipinski definition) is 2. The molecule has 0 bridgehead atoms. The SMILES string of the molecule is COc1ccc(-n2nnnc2SCC(=O)Nc2cccc(S(N)(=O)=O)c2)cc1. The van der Waals surface area contributed by atoms with E-state index in [4.69, 9.17) is 9.88 Å². The molecule has 0 spiro atoms. The molecule has 0 unspecified atom stereocenters. The predicted octanol–water partition coefficient (Wildman–Crippen LogP) is 1.05. The van der Waals surface area contributed by atoms with E-state index in [0.29, 0.717) is 16.6 Å². The lowest BCUT2D eigenvalue weighted by atomic mass is 10.3. The predicted molar refractivity (Wildman–Crippen MR) is 103 cm³/mol. The fourth-order valence-electron chi connectivity index (χ4n) is 2.23. The maximum Gasteiger partial charge on any atom is 0.238 e. The first-order valence-electron chi connectivity index (χ1n) is 7.85. The average Bonchev–Trinajstić information content (AvgIpc) is 3.14. The quantitative estimate of drug-likeness (QED) is 0.540. The van der Waals surface area contributed by atoms with E-state index in [9.17, 15) is 13.2 Å². The number of nitrogens with zero attached hydrogens (tertiary/aromatic N) is 4. The fourth-order valence-corrected chi connectivity index (χ4v) is 3.48. The van der Waals surface area contributed by atoms with Crippen LogP contribution in [-0.2, 0) is 14.8 Å². The van der Waals surface area contributed by atoms with Crippen molar-refractivity contribution in [3.63, 3.8) is 0 Å². The van der Waals surface area contributed by atoms with E-state index in [1.54, 1.807) is 37.4 Å². The topological polar surface area (TPSA) is 142 Å². The summed E-state index contributed by atoms with van der Waals surface area (Å²) in [6.07, 6.45) is 0. The zero-order valence-electron chi connectivity index (χ0n) is 14.6. The Hall–Kier alpha value is -2.96. The summed E-state index contributed by atoms with van der Waals surface area (Å²) >= 11 is 1.14. The fraction of sp³-hybridized carbons (Fsp3) is 0.125. The van der Waals surface area contributed by atoms with Crippen molar-refractivity contribution < 1.29 is 17.9 Å². The molecule has 0 saturated carbocycles. The van der Waals surface area contributed by atoms with Gasteiger partial charge in [0.15, 0.2) is 0 Å². The lowest BCUT2D eigenvalue weighted by molar-refractivity contribution is -0.113. The highest BCUT2D eigenvalue weighted by Crippen LogP contribution is 2.21. The first kappa shape index (κ1) is 19.8. The molecule has 0 saturated heterocycles. The third-order valence-corrected chi connectivity index (χ3v) is 5.37. The smallest absolute Gasteiger partial charge is 0.238 e. The molecule has 3 rings (SSSR count). The number of thioether (sulfide) groups is 1. The number of amides is 1. The van der Waals surface area contributed by atoms with Crippen LogP contribution in [0, 0.1) is 0 Å². The Morgan fingerprint density at radius 1 is 1.25 bits per heavy atom. The standard InChI is InChI=1S/C16H16N6O4S2/c1-26-13-7-5-12(6-8-13)22-16(19-20-21-22)27-10-15(23)18-11-3-2-4-14(9-11)28(17,24)25/h2-9H,10H2,1H3,(H,18,23)(H2,17,24,25). The molecule has 3 aromatic rings. The molecule has 10 nitrogen and oxygen atoms in total. The van der Waals surface area contributed by atoms with E-state index >= 15 is 0 Å². The molecule has 3 N–H and O–H groups in total. The number of nitrogens with one attached hydrogen (secondary N) is 1. The molecule has 12 heteroatoms. The number of primary sulfonamides is 1. The van der Waals surface area contributed by atoms with Crippen LogP contribution in [0.1, 0.15) is 0 Å². The summed E-state index contributed by atoms with van der Waals surface area (Å²) in [6.45, 7) is 0. The first-order valence-corrected chi connectivity index (χ1v) is 10.4. The zero-order valence-corrected chi connectivity index (χ0v) is 16.3. The molecule has 0 aliphatic rings. The molecule has 1 amide bonds. The van der Waals surface area contributed by atoms with Crippen LogP contribution < -0.4 is 15.2 Å². The second-order valence-electron chi connectivity index (χ2n) is 5.48. The number of ether oxygens (including phenoxy) is 1. The van der Waals surface area contributed by atoms with Gasteiger partial charge in [-0.3, -0.25) is 4.79 Å². The number of carbonyl (C=O) groups excluding carboxylic acids is 1. The molecule has 0 fully saturated rings. The molecule has 2 aromatic carbocycles. The van der Waals surface area contributed by atoms with E-state index in [2.05, 4.69) is 20.8 Å². The van der Waals surface area contributed by atoms with Crippen LogP contribution in [0.25, 0.3) is 5.69 Å². The van der Waals surface area contributed by atoms with Gasteiger partial charge >= 0.3 is 0 Å². The maximum atomic E-state index is 12.2. The van der Waals surface area contributed by atoms with Crippen LogP contribution in [0.3, 0.4) is 0 Å². The molecule has 0 aliphatic heterocycles. The van der Waals surface area contributed by atoms with E-state index < -0.39 is 10.0 Å². The van der Waals surface area contributed by atoms with Gasteiger partial charge in [-0.05, 0) is 52.9 Å². The second-order valence-corrected chi connectivity index (χ2v) is 7.98. The summed E-state index contributed by atoms with van der Waals surface area (Å²) in [7, 11) is -2.27. The van der Waals surface area contributed by atoms with Crippen molar-refractivity contribution in [2.75, 3.05) is 18.2 Å². The third-order valence-electron chi connectivity index (χ3n) is 3.54. The van der Waals surface area contributed by atoms with E-state index in [1.165, 1.54) is 22.9 Å². The van der Waals surface area contributed by atoms with Crippen LogP contribution in [0.15, 0.2) is 58.6 Å². The molecule has 0 aliphatic carbocycles. The molecular formula is C16H16N6O4S2. The van der Waals surface area contributed by atoms with Crippen molar-refractivity contribution in [2.45, 2.75) is 10.1 Å². The third kappa shape index (κ3) is 4.85. The van der Waals surface area contributed by atoms with Crippen molar-refractivity contribution in [3.8, 4) is 11.4 Å². The number of carbonyl (C=O) groups is 1. The van der Waals surface area contributed by atoms with Crippen LogP contribution >= 0.6 is 11.8 Å². The molecule has 1 heterocycles. The highest BCUT2D eigenvalue weighted by molar-refractivity contribution is 7.99. The largest absolute Gasteiger partial charge is 0.497 e. The Labute approximate surface area is 165 Å². The van der Waals surface area contributed by atoms with Crippen molar-refractivity contribution >= 4 is 33.4 Å².